The van der Waals surface area contributed by atoms with Gasteiger partial charge in [-0.2, -0.15) is 5.26 Å². The Bertz CT molecular complexity index is 861. The van der Waals surface area contributed by atoms with Crippen LogP contribution >= 0.6 is 0 Å². The number of hydrogen-bond donors (Lipinski definition) is 1. The van der Waals surface area contributed by atoms with E-state index in [1.165, 1.54) is 12.1 Å². The van der Waals surface area contributed by atoms with Gasteiger partial charge in [-0.15, -0.1) is 0 Å². The topological polar surface area (TPSA) is 110 Å². The fraction of sp³-hybridized carbons (Fsp3) is 0. The Balaban J connectivity index is 2.44. The highest BCUT2D eigenvalue weighted by Crippen LogP contribution is 2.22. The number of nitriles is 1. The number of nitrogens with zero attached hydrogens (tertiary/aromatic N) is 2. The summed E-state index contributed by atoms with van der Waals surface area (Å²) in [5, 5.41) is 19.9. The molecule has 0 saturated carbocycles. The number of amides is 1. The van der Waals surface area contributed by atoms with E-state index in [9.17, 15) is 20.2 Å². The summed E-state index contributed by atoms with van der Waals surface area (Å²) >= 11 is 0. The minimum atomic E-state index is -0.815. The number of benzene rings is 2. The predicted molar refractivity (Wildman–Crippen MR) is 90.3 cm³/mol. The highest BCUT2D eigenvalue weighted by atomic mass is 16.6. The molecule has 2 N–H and O–H groups in total. The van der Waals surface area contributed by atoms with Gasteiger partial charge in [-0.1, -0.05) is 42.5 Å². The molecule has 0 saturated heterocycles. The summed E-state index contributed by atoms with van der Waals surface area (Å²) in [6.07, 6.45) is 3.26. The maximum Gasteiger partial charge on any atom is 0.269 e. The van der Waals surface area contributed by atoms with Gasteiger partial charge in [-0.05, 0) is 23.3 Å². The fourth-order valence-corrected chi connectivity index (χ4v) is 2.08. The molecule has 0 bridgehead atoms. The summed E-state index contributed by atoms with van der Waals surface area (Å²) in [5.41, 5.74) is 6.87. The molecule has 1 amide bonds. The molecule has 118 valence electrons. The van der Waals surface area contributed by atoms with E-state index in [4.69, 9.17) is 5.73 Å². The lowest BCUT2D eigenvalue weighted by molar-refractivity contribution is -0.384. The van der Waals surface area contributed by atoms with Crippen molar-refractivity contribution in [1.82, 2.24) is 0 Å². The third kappa shape index (κ3) is 3.93. The first kappa shape index (κ1) is 16.6. The third-order valence-corrected chi connectivity index (χ3v) is 3.26. The Morgan fingerprint density at radius 2 is 1.75 bits per heavy atom. The Morgan fingerprint density at radius 3 is 2.25 bits per heavy atom. The summed E-state index contributed by atoms with van der Waals surface area (Å²) in [5.74, 6) is -0.815. The molecule has 0 aliphatic carbocycles. The number of carbonyl (C=O) groups is 1. The van der Waals surface area contributed by atoms with E-state index in [0.717, 1.165) is 0 Å². The van der Waals surface area contributed by atoms with E-state index in [1.54, 1.807) is 48.6 Å². The molecule has 0 heterocycles. The molecule has 0 aliphatic heterocycles. The number of rotatable bonds is 5. The van der Waals surface area contributed by atoms with E-state index in [0.29, 0.717) is 16.7 Å². The SMILES string of the molecule is N#C/C(C(N)=O)=C(/C=C/c1ccc([N+](=O)[O-])cc1)c1ccccc1. The van der Waals surface area contributed by atoms with Gasteiger partial charge >= 0.3 is 0 Å². The maximum atomic E-state index is 11.5. The Labute approximate surface area is 138 Å². The summed E-state index contributed by atoms with van der Waals surface area (Å²) in [6, 6.07) is 16.6. The average molecular weight is 319 g/mol. The van der Waals surface area contributed by atoms with Crippen LogP contribution in [0.2, 0.25) is 0 Å². The average Bonchev–Trinajstić information content (AvgIpc) is 2.59. The number of non-ortho nitro benzene ring substituents is 1. The Hall–Kier alpha value is -3.72. The second-order valence-corrected chi connectivity index (χ2v) is 4.81. The minimum Gasteiger partial charge on any atom is -0.365 e. The van der Waals surface area contributed by atoms with Crippen molar-refractivity contribution in [2.45, 2.75) is 0 Å². The molecule has 2 aromatic rings. The van der Waals surface area contributed by atoms with Crippen molar-refractivity contribution in [2.75, 3.05) is 0 Å². The highest BCUT2D eigenvalue weighted by molar-refractivity contribution is 6.06. The van der Waals surface area contributed by atoms with Crippen molar-refractivity contribution in [2.24, 2.45) is 5.73 Å². The minimum absolute atomic E-state index is 0.0131. The number of nitro benzene ring substituents is 1. The fourth-order valence-electron chi connectivity index (χ4n) is 2.08. The number of allylic oxidation sites excluding steroid dienone is 2. The van der Waals surface area contributed by atoms with Crippen molar-refractivity contribution >= 4 is 23.2 Å². The van der Waals surface area contributed by atoms with Crippen molar-refractivity contribution in [3.63, 3.8) is 0 Å². The molecule has 0 fully saturated rings. The van der Waals surface area contributed by atoms with Gasteiger partial charge in [0.1, 0.15) is 11.6 Å². The standard InChI is InChI=1S/C18H13N3O3/c19-12-17(18(20)22)16(14-4-2-1-3-5-14)11-8-13-6-9-15(10-7-13)21(23)24/h1-11H,(H2,20,22)/b11-8+,17-16+. The second-order valence-electron chi connectivity index (χ2n) is 4.81. The van der Waals surface area contributed by atoms with Crippen molar-refractivity contribution in [1.29, 1.82) is 5.26 Å². The number of nitrogens with two attached hydrogens (primary N) is 1. The summed E-state index contributed by atoms with van der Waals surface area (Å²) in [7, 11) is 0. The zero-order valence-corrected chi connectivity index (χ0v) is 12.5. The predicted octanol–water partition coefficient (Wildman–Crippen LogP) is 3.07. The van der Waals surface area contributed by atoms with Crippen LogP contribution in [0, 0.1) is 21.4 Å². The first-order valence-electron chi connectivity index (χ1n) is 6.95. The first-order valence-corrected chi connectivity index (χ1v) is 6.95. The summed E-state index contributed by atoms with van der Waals surface area (Å²) in [4.78, 5) is 21.7. The molecule has 0 aromatic heterocycles. The number of hydrogen-bond acceptors (Lipinski definition) is 4. The monoisotopic (exact) mass is 319 g/mol. The molecule has 0 spiro atoms. The lowest BCUT2D eigenvalue weighted by Gasteiger charge is -2.05. The van der Waals surface area contributed by atoms with Gasteiger partial charge in [0.25, 0.3) is 11.6 Å². The lowest BCUT2D eigenvalue weighted by Crippen LogP contribution is -2.14. The molecule has 6 heteroatoms. The number of nitro groups is 1. The zero-order valence-electron chi connectivity index (χ0n) is 12.5. The molecule has 24 heavy (non-hydrogen) atoms. The second kappa shape index (κ2) is 7.51. The maximum absolute atomic E-state index is 11.5. The van der Waals surface area contributed by atoms with Crippen LogP contribution in [-0.4, -0.2) is 10.8 Å². The van der Waals surface area contributed by atoms with Crippen LogP contribution in [0.15, 0.2) is 66.2 Å². The lowest BCUT2D eigenvalue weighted by atomic mass is 9.98. The Morgan fingerprint density at radius 1 is 1.12 bits per heavy atom. The van der Waals surface area contributed by atoms with Gasteiger partial charge in [0.2, 0.25) is 0 Å². The number of carbonyl (C=O) groups excluding carboxylic acids is 1. The van der Waals surface area contributed by atoms with Crippen LogP contribution in [0.4, 0.5) is 5.69 Å². The Kier molecular flexibility index (Phi) is 5.21. The van der Waals surface area contributed by atoms with Gasteiger partial charge in [-0.3, -0.25) is 14.9 Å². The summed E-state index contributed by atoms with van der Waals surface area (Å²) in [6.45, 7) is 0. The van der Waals surface area contributed by atoms with Gasteiger partial charge < -0.3 is 5.73 Å². The van der Waals surface area contributed by atoms with Crippen molar-refractivity contribution in [3.05, 3.63) is 87.5 Å². The van der Waals surface area contributed by atoms with Crippen LogP contribution in [-0.2, 0) is 4.79 Å². The van der Waals surface area contributed by atoms with E-state index >= 15 is 0 Å². The van der Waals surface area contributed by atoms with Crippen LogP contribution in [0.3, 0.4) is 0 Å². The molecule has 0 aliphatic rings. The summed E-state index contributed by atoms with van der Waals surface area (Å²) < 4.78 is 0. The molecule has 0 unspecified atom stereocenters. The van der Waals surface area contributed by atoms with E-state index < -0.39 is 10.8 Å². The van der Waals surface area contributed by atoms with Crippen molar-refractivity contribution < 1.29 is 9.72 Å². The first-order chi connectivity index (χ1) is 11.5. The molecule has 2 rings (SSSR count). The molecule has 0 atom stereocenters. The van der Waals surface area contributed by atoms with E-state index in [-0.39, 0.29) is 11.3 Å². The molecular weight excluding hydrogens is 306 g/mol. The zero-order chi connectivity index (χ0) is 17.5. The molecule has 2 aromatic carbocycles. The van der Waals surface area contributed by atoms with Gasteiger partial charge in [0.05, 0.1) is 4.92 Å². The highest BCUT2D eigenvalue weighted by Gasteiger charge is 2.12. The van der Waals surface area contributed by atoms with Crippen molar-refractivity contribution in [3.8, 4) is 6.07 Å². The normalized spacial score (nSPS) is 11.6. The van der Waals surface area contributed by atoms with E-state index in [2.05, 4.69) is 0 Å². The van der Waals surface area contributed by atoms with E-state index in [1.807, 2.05) is 12.1 Å². The van der Waals surface area contributed by atoms with Gasteiger partial charge in [0, 0.05) is 17.7 Å². The van der Waals surface area contributed by atoms with Gasteiger partial charge in [0.15, 0.2) is 0 Å². The van der Waals surface area contributed by atoms with Crippen LogP contribution in [0.1, 0.15) is 11.1 Å². The smallest absolute Gasteiger partial charge is 0.269 e. The third-order valence-electron chi connectivity index (χ3n) is 3.26. The largest absolute Gasteiger partial charge is 0.365 e. The van der Waals surface area contributed by atoms with Gasteiger partial charge in [-0.25, -0.2) is 0 Å². The number of primary amides is 1. The quantitative estimate of drug-likeness (QED) is 0.300. The molecule has 6 nitrogen and oxygen atoms in total. The van der Waals surface area contributed by atoms with Crippen LogP contribution in [0.25, 0.3) is 11.6 Å². The molecular formula is C18H13N3O3. The molecule has 0 radical (unpaired) electrons. The van der Waals surface area contributed by atoms with Crippen LogP contribution in [0.5, 0.6) is 0 Å². The van der Waals surface area contributed by atoms with Crippen LogP contribution < -0.4 is 5.73 Å².